The fourth-order valence-corrected chi connectivity index (χ4v) is 4.62. The average molecular weight is 306 g/mol. The quantitative estimate of drug-likeness (QED) is 0.450. The molecule has 1 saturated heterocycles. The summed E-state index contributed by atoms with van der Waals surface area (Å²) < 4.78 is 1.26. The number of anilines is 1. The van der Waals surface area contributed by atoms with Gasteiger partial charge in [-0.15, -0.1) is 0 Å². The molecule has 0 aliphatic carbocycles. The third-order valence-corrected chi connectivity index (χ3v) is 5.92. The molecule has 2 heterocycles. The van der Waals surface area contributed by atoms with Gasteiger partial charge in [0.05, 0.1) is 0 Å². The van der Waals surface area contributed by atoms with E-state index < -0.39 is 22.8 Å². The van der Waals surface area contributed by atoms with Gasteiger partial charge in [-0.1, -0.05) is 0 Å². The van der Waals surface area contributed by atoms with Gasteiger partial charge in [0.25, 0.3) is 0 Å². The van der Waals surface area contributed by atoms with Gasteiger partial charge in [0.1, 0.15) is 0 Å². The number of nitrogen functional groups attached to an aromatic ring is 1. The Morgan fingerprint density at radius 3 is 2.71 bits per heavy atom. The van der Waals surface area contributed by atoms with Crippen molar-refractivity contribution in [2.24, 2.45) is 0 Å². The van der Waals surface area contributed by atoms with Crippen LogP contribution in [0.5, 0.6) is 0 Å². The Morgan fingerprint density at radius 1 is 1.47 bits per heavy atom. The first-order valence-corrected chi connectivity index (χ1v) is 6.99. The Hall–Kier alpha value is -0.921. The normalized spacial score (nSPS) is 32.9. The maximum absolute atomic E-state index is 11.6. The third kappa shape index (κ3) is 2.22. The standard InChI is InChI=1S/C9H13N3O4Se/c10-5-1-2-12(9(16)11-5)8-7(15)6(14)4(3-13)17-8/h1-2,4,6-8,13-15H,3H2,(H2,10,11,16)/t4-,6-,7+,8-/m1/s1. The zero-order valence-electron chi connectivity index (χ0n) is 8.80. The van der Waals surface area contributed by atoms with Crippen molar-refractivity contribution in [2.45, 2.75) is 22.0 Å². The summed E-state index contributed by atoms with van der Waals surface area (Å²) >= 11 is -0.283. The Kier molecular flexibility index (Phi) is 3.50. The van der Waals surface area contributed by atoms with Crippen molar-refractivity contribution in [1.82, 2.24) is 9.55 Å². The Labute approximate surface area is 103 Å². The number of rotatable bonds is 2. The van der Waals surface area contributed by atoms with Gasteiger partial charge >= 0.3 is 103 Å². The first kappa shape index (κ1) is 12.5. The summed E-state index contributed by atoms with van der Waals surface area (Å²) in [6.45, 7) is -0.203. The van der Waals surface area contributed by atoms with Gasteiger partial charge in [0.2, 0.25) is 0 Å². The summed E-state index contributed by atoms with van der Waals surface area (Å²) in [6.07, 6.45) is -0.614. The molecule has 94 valence electrons. The molecule has 1 aromatic heterocycles. The molecule has 1 fully saturated rings. The van der Waals surface area contributed by atoms with E-state index in [2.05, 4.69) is 4.98 Å². The summed E-state index contributed by atoms with van der Waals surface area (Å²) in [4.78, 5) is 14.3. The SMILES string of the molecule is Nc1ccn([C@@H]2[Se][C@H](CO)[C@@H](O)[C@@H]2O)c(=O)n1. The molecule has 1 aromatic rings. The van der Waals surface area contributed by atoms with Gasteiger partial charge in [-0.25, -0.2) is 0 Å². The third-order valence-electron chi connectivity index (χ3n) is 2.64. The van der Waals surface area contributed by atoms with E-state index >= 15 is 0 Å². The van der Waals surface area contributed by atoms with E-state index in [1.54, 1.807) is 0 Å². The predicted molar refractivity (Wildman–Crippen MR) is 60.5 cm³/mol. The number of hydrogen-bond donors (Lipinski definition) is 4. The van der Waals surface area contributed by atoms with Gasteiger partial charge in [0.15, 0.2) is 0 Å². The molecule has 1 aliphatic rings. The summed E-state index contributed by atoms with van der Waals surface area (Å²) in [6, 6.07) is 1.46. The number of hydrogen-bond acceptors (Lipinski definition) is 6. The first-order chi connectivity index (χ1) is 8.04. The molecule has 0 amide bonds. The Bertz CT molecular complexity index is 466. The second kappa shape index (κ2) is 4.75. The van der Waals surface area contributed by atoms with Gasteiger partial charge in [-0.05, 0) is 0 Å². The van der Waals surface area contributed by atoms with E-state index in [0.717, 1.165) is 0 Å². The maximum atomic E-state index is 11.6. The molecule has 0 aromatic carbocycles. The minimum absolute atomic E-state index is 0.116. The molecule has 4 atom stereocenters. The molecule has 7 nitrogen and oxygen atoms in total. The van der Waals surface area contributed by atoms with E-state index in [0.29, 0.717) is 0 Å². The number of aliphatic hydroxyl groups excluding tert-OH is 3. The molecular formula is C9H13N3O4Se. The Morgan fingerprint density at radius 2 is 2.18 bits per heavy atom. The predicted octanol–water partition coefficient (Wildman–Crippen LogP) is -2.46. The molecule has 1 aliphatic heterocycles. The number of nitrogens with zero attached hydrogens (tertiary/aromatic N) is 2. The van der Waals surface area contributed by atoms with Crippen LogP contribution < -0.4 is 11.4 Å². The van der Waals surface area contributed by atoms with Crippen LogP contribution in [0.2, 0.25) is 4.82 Å². The number of nitrogens with two attached hydrogens (primary N) is 1. The number of aliphatic hydroxyl groups is 3. The minimum atomic E-state index is -1.06. The van der Waals surface area contributed by atoms with Crippen molar-refractivity contribution >= 4 is 20.8 Å². The summed E-state index contributed by atoms with van der Waals surface area (Å²) in [5.41, 5.74) is 4.82. The fourth-order valence-electron chi connectivity index (χ4n) is 1.73. The summed E-state index contributed by atoms with van der Waals surface area (Å²) in [5.74, 6) is 0.116. The van der Waals surface area contributed by atoms with Crippen molar-refractivity contribution in [3.8, 4) is 0 Å². The molecule has 0 bridgehead atoms. The van der Waals surface area contributed by atoms with Crippen molar-refractivity contribution in [1.29, 1.82) is 0 Å². The zero-order chi connectivity index (χ0) is 12.6. The van der Waals surface area contributed by atoms with Crippen LogP contribution in [0.4, 0.5) is 5.82 Å². The van der Waals surface area contributed by atoms with Crippen molar-refractivity contribution in [3.63, 3.8) is 0 Å². The second-order valence-electron chi connectivity index (χ2n) is 3.77. The van der Waals surface area contributed by atoms with E-state index in [1.165, 1.54) is 16.8 Å². The topological polar surface area (TPSA) is 122 Å². The zero-order valence-corrected chi connectivity index (χ0v) is 10.5. The molecule has 0 spiro atoms. The molecule has 0 radical (unpaired) electrons. The molecule has 0 saturated carbocycles. The van der Waals surface area contributed by atoms with Crippen LogP contribution in [0.1, 0.15) is 4.94 Å². The van der Waals surface area contributed by atoms with E-state index in [1.807, 2.05) is 0 Å². The summed E-state index contributed by atoms with van der Waals surface area (Å²) in [7, 11) is 0. The molecular weight excluding hydrogens is 293 g/mol. The average Bonchev–Trinajstić information content (AvgIpc) is 2.57. The van der Waals surface area contributed by atoms with Crippen molar-refractivity contribution in [2.75, 3.05) is 12.3 Å². The van der Waals surface area contributed by atoms with Crippen molar-refractivity contribution < 1.29 is 15.3 Å². The van der Waals surface area contributed by atoms with E-state index in [-0.39, 0.29) is 32.2 Å². The van der Waals surface area contributed by atoms with Crippen LogP contribution in [0.25, 0.3) is 0 Å². The van der Waals surface area contributed by atoms with Crippen LogP contribution >= 0.6 is 0 Å². The molecule has 8 heteroatoms. The molecule has 0 unspecified atom stereocenters. The molecule has 2 rings (SSSR count). The van der Waals surface area contributed by atoms with E-state index in [9.17, 15) is 15.0 Å². The van der Waals surface area contributed by atoms with Crippen LogP contribution in [-0.2, 0) is 0 Å². The van der Waals surface area contributed by atoms with E-state index in [4.69, 9.17) is 10.8 Å². The van der Waals surface area contributed by atoms with Crippen LogP contribution in [-0.4, -0.2) is 58.6 Å². The first-order valence-electron chi connectivity index (χ1n) is 5.01. The fraction of sp³-hybridized carbons (Fsp3) is 0.556. The summed E-state index contributed by atoms with van der Waals surface area (Å²) in [5, 5.41) is 28.6. The number of aromatic nitrogens is 2. The second-order valence-corrected chi connectivity index (χ2v) is 6.63. The van der Waals surface area contributed by atoms with Gasteiger partial charge < -0.3 is 0 Å². The Balaban J connectivity index is 2.32. The van der Waals surface area contributed by atoms with Gasteiger partial charge in [0, 0.05) is 0 Å². The molecule has 17 heavy (non-hydrogen) atoms. The van der Waals surface area contributed by atoms with Crippen LogP contribution in [0.15, 0.2) is 17.1 Å². The van der Waals surface area contributed by atoms with Crippen molar-refractivity contribution in [3.05, 3.63) is 22.7 Å². The van der Waals surface area contributed by atoms with Crippen LogP contribution in [0.3, 0.4) is 0 Å². The monoisotopic (exact) mass is 307 g/mol. The van der Waals surface area contributed by atoms with Gasteiger partial charge in [-0.3, -0.25) is 0 Å². The van der Waals surface area contributed by atoms with Gasteiger partial charge in [-0.2, -0.15) is 0 Å². The molecule has 5 N–H and O–H groups in total. The van der Waals surface area contributed by atoms with Crippen LogP contribution in [0, 0.1) is 0 Å².